The van der Waals surface area contributed by atoms with Crippen LogP contribution in [-0.4, -0.2) is 41.1 Å². The lowest BCUT2D eigenvalue weighted by atomic mass is 10.1. The molecule has 17 heavy (non-hydrogen) atoms. The molecule has 94 valence electrons. The number of hydrogen-bond acceptors (Lipinski definition) is 6. The topological polar surface area (TPSA) is 110 Å². The largest absolute Gasteiger partial charge is 0.481 e. The van der Waals surface area contributed by atoms with E-state index in [1.807, 2.05) is 0 Å². The molecule has 0 spiro atoms. The number of carbonyl (C=O) groups is 1. The molecule has 1 fully saturated rings. The number of carboxylic acid groups (broad SMARTS) is 1. The fourth-order valence-corrected chi connectivity index (χ4v) is 3.56. The fourth-order valence-electron chi connectivity index (χ4n) is 1.86. The van der Waals surface area contributed by atoms with Gasteiger partial charge in [-0.05, 0) is 12.8 Å². The maximum atomic E-state index is 11.4. The van der Waals surface area contributed by atoms with Crippen molar-refractivity contribution >= 4 is 15.8 Å². The van der Waals surface area contributed by atoms with Gasteiger partial charge in [0.25, 0.3) is 0 Å². The zero-order chi connectivity index (χ0) is 12.5. The van der Waals surface area contributed by atoms with E-state index in [4.69, 9.17) is 9.63 Å². The minimum absolute atomic E-state index is 0.00970. The number of hydrogen-bond donors (Lipinski definition) is 1. The zero-order valence-electron chi connectivity index (χ0n) is 9.00. The standard InChI is InChI=1S/C9H12N2O5S/c12-8(13)4-7-10-9(11-16-7)6-2-1-3-17(14,15)5-6/h6H,1-5H2,(H,12,13). The van der Waals surface area contributed by atoms with Crippen molar-refractivity contribution in [2.24, 2.45) is 0 Å². The molecule has 0 bridgehead atoms. The normalized spacial score (nSPS) is 23.4. The van der Waals surface area contributed by atoms with E-state index < -0.39 is 15.8 Å². The molecular formula is C9H12N2O5S. The zero-order valence-corrected chi connectivity index (χ0v) is 9.81. The Balaban J connectivity index is 2.12. The van der Waals surface area contributed by atoms with Crippen LogP contribution in [0, 0.1) is 0 Å². The summed E-state index contributed by atoms with van der Waals surface area (Å²) in [6.07, 6.45) is 0.924. The minimum atomic E-state index is -3.03. The summed E-state index contributed by atoms with van der Waals surface area (Å²) < 4.78 is 27.6. The van der Waals surface area contributed by atoms with Gasteiger partial charge in [-0.25, -0.2) is 8.42 Å². The van der Waals surface area contributed by atoms with Gasteiger partial charge in [-0.15, -0.1) is 0 Å². The SMILES string of the molecule is O=C(O)Cc1nc(C2CCCS(=O)(=O)C2)no1. The summed E-state index contributed by atoms with van der Waals surface area (Å²) in [6, 6.07) is 0. The van der Waals surface area contributed by atoms with E-state index >= 15 is 0 Å². The van der Waals surface area contributed by atoms with E-state index in [9.17, 15) is 13.2 Å². The van der Waals surface area contributed by atoms with E-state index in [0.717, 1.165) is 0 Å². The highest BCUT2D eigenvalue weighted by molar-refractivity contribution is 7.91. The Bertz CT molecular complexity index is 521. The van der Waals surface area contributed by atoms with Crippen molar-refractivity contribution in [2.45, 2.75) is 25.2 Å². The van der Waals surface area contributed by atoms with Gasteiger partial charge >= 0.3 is 5.97 Å². The van der Waals surface area contributed by atoms with E-state index in [-0.39, 0.29) is 29.7 Å². The van der Waals surface area contributed by atoms with E-state index in [2.05, 4.69) is 10.1 Å². The van der Waals surface area contributed by atoms with Gasteiger partial charge in [-0.3, -0.25) is 4.79 Å². The van der Waals surface area contributed by atoms with Gasteiger partial charge in [0.05, 0.1) is 11.5 Å². The first-order chi connectivity index (χ1) is 7.96. The van der Waals surface area contributed by atoms with Gasteiger partial charge in [-0.1, -0.05) is 5.16 Å². The predicted octanol–water partition coefficient (Wildman–Crippen LogP) is -0.0111. The third kappa shape index (κ3) is 3.02. The molecule has 0 radical (unpaired) electrons. The first-order valence-electron chi connectivity index (χ1n) is 5.21. The summed E-state index contributed by atoms with van der Waals surface area (Å²) in [7, 11) is -3.03. The number of carboxylic acids is 1. The molecule has 1 aliphatic heterocycles. The molecule has 1 aromatic heterocycles. The van der Waals surface area contributed by atoms with Gasteiger partial charge < -0.3 is 9.63 Å². The van der Waals surface area contributed by atoms with Gasteiger partial charge in [0, 0.05) is 5.92 Å². The molecule has 2 heterocycles. The first-order valence-corrected chi connectivity index (χ1v) is 7.03. The van der Waals surface area contributed by atoms with Gasteiger partial charge in [0.2, 0.25) is 5.89 Å². The number of aromatic nitrogens is 2. The van der Waals surface area contributed by atoms with Crippen LogP contribution in [0.1, 0.15) is 30.5 Å². The summed E-state index contributed by atoms with van der Waals surface area (Å²) in [5, 5.41) is 12.2. The second-order valence-electron chi connectivity index (χ2n) is 4.07. The van der Waals surface area contributed by atoms with Crippen LogP contribution in [0.5, 0.6) is 0 Å². The molecule has 1 atom stereocenters. The van der Waals surface area contributed by atoms with Crippen LogP contribution in [0.2, 0.25) is 0 Å². The molecule has 0 saturated carbocycles. The number of aliphatic carboxylic acids is 1. The minimum Gasteiger partial charge on any atom is -0.481 e. The molecule has 1 N–H and O–H groups in total. The number of sulfone groups is 1. The van der Waals surface area contributed by atoms with E-state index in [1.165, 1.54) is 0 Å². The highest BCUT2D eigenvalue weighted by atomic mass is 32.2. The lowest BCUT2D eigenvalue weighted by molar-refractivity contribution is -0.136. The molecule has 0 aliphatic carbocycles. The Labute approximate surface area is 97.7 Å². The Morgan fingerprint density at radius 1 is 1.53 bits per heavy atom. The van der Waals surface area contributed by atoms with Crippen LogP contribution in [0.15, 0.2) is 4.52 Å². The molecular weight excluding hydrogens is 248 g/mol. The second kappa shape index (κ2) is 4.44. The van der Waals surface area contributed by atoms with Crippen LogP contribution < -0.4 is 0 Å². The van der Waals surface area contributed by atoms with Gasteiger partial charge in [0.15, 0.2) is 15.7 Å². The summed E-state index contributed by atoms with van der Waals surface area (Å²) in [5.41, 5.74) is 0. The van der Waals surface area contributed by atoms with Crippen molar-refractivity contribution in [2.75, 3.05) is 11.5 Å². The van der Waals surface area contributed by atoms with Crippen molar-refractivity contribution in [3.63, 3.8) is 0 Å². The molecule has 1 aromatic rings. The van der Waals surface area contributed by atoms with E-state index in [1.54, 1.807) is 0 Å². The highest BCUT2D eigenvalue weighted by Crippen LogP contribution is 2.26. The predicted molar refractivity (Wildman–Crippen MR) is 56.3 cm³/mol. The van der Waals surface area contributed by atoms with Crippen molar-refractivity contribution in [3.05, 3.63) is 11.7 Å². The summed E-state index contributed by atoms with van der Waals surface area (Å²) in [5.74, 6) is -0.820. The first kappa shape index (κ1) is 12.0. The average molecular weight is 260 g/mol. The lowest BCUT2D eigenvalue weighted by Gasteiger charge is -2.18. The van der Waals surface area contributed by atoms with Crippen LogP contribution >= 0.6 is 0 Å². The monoisotopic (exact) mass is 260 g/mol. The van der Waals surface area contributed by atoms with Gasteiger partial charge in [-0.2, -0.15) is 4.98 Å². The van der Waals surface area contributed by atoms with Crippen molar-refractivity contribution in [1.29, 1.82) is 0 Å². The Morgan fingerprint density at radius 2 is 2.29 bits per heavy atom. The molecule has 8 heteroatoms. The van der Waals surface area contributed by atoms with Crippen molar-refractivity contribution in [1.82, 2.24) is 10.1 Å². The highest BCUT2D eigenvalue weighted by Gasteiger charge is 2.29. The Hall–Kier alpha value is -1.44. The third-order valence-corrected chi connectivity index (χ3v) is 4.44. The summed E-state index contributed by atoms with van der Waals surface area (Å²) >= 11 is 0. The van der Waals surface area contributed by atoms with Gasteiger partial charge in [0.1, 0.15) is 6.42 Å². The maximum Gasteiger partial charge on any atom is 0.312 e. The van der Waals surface area contributed by atoms with Crippen molar-refractivity contribution in [3.8, 4) is 0 Å². The number of nitrogens with zero attached hydrogens (tertiary/aromatic N) is 2. The summed E-state index contributed by atoms with van der Waals surface area (Å²) in [4.78, 5) is 14.4. The Morgan fingerprint density at radius 3 is 2.94 bits per heavy atom. The molecule has 7 nitrogen and oxygen atoms in total. The van der Waals surface area contributed by atoms with Crippen LogP contribution in [-0.2, 0) is 21.1 Å². The van der Waals surface area contributed by atoms with Crippen LogP contribution in [0.3, 0.4) is 0 Å². The molecule has 0 aromatic carbocycles. The van der Waals surface area contributed by atoms with Crippen molar-refractivity contribution < 1.29 is 22.8 Å². The quantitative estimate of drug-likeness (QED) is 0.813. The third-order valence-electron chi connectivity index (χ3n) is 2.61. The fraction of sp³-hybridized carbons (Fsp3) is 0.667. The molecule has 0 amide bonds. The molecule has 1 aliphatic rings. The molecule has 1 saturated heterocycles. The number of rotatable bonds is 3. The average Bonchev–Trinajstić information content (AvgIpc) is 2.63. The van der Waals surface area contributed by atoms with Crippen LogP contribution in [0.4, 0.5) is 0 Å². The molecule has 2 rings (SSSR count). The maximum absolute atomic E-state index is 11.4. The van der Waals surface area contributed by atoms with Crippen LogP contribution in [0.25, 0.3) is 0 Å². The van der Waals surface area contributed by atoms with E-state index in [0.29, 0.717) is 18.7 Å². The second-order valence-corrected chi connectivity index (χ2v) is 6.30. The summed E-state index contributed by atoms with van der Waals surface area (Å²) in [6.45, 7) is 0. The Kier molecular flexibility index (Phi) is 3.14. The molecule has 1 unspecified atom stereocenters. The lowest BCUT2D eigenvalue weighted by Crippen LogP contribution is -2.24. The smallest absolute Gasteiger partial charge is 0.312 e.